The normalized spacial score (nSPS) is 15.9. The Bertz CT molecular complexity index is 964. The zero-order chi connectivity index (χ0) is 19.6. The number of phenolic OH excluding ortho intramolecular Hbond substituents is 1. The monoisotopic (exact) mass is 389 g/mol. The summed E-state index contributed by atoms with van der Waals surface area (Å²) in [7, 11) is 3.19. The van der Waals surface area contributed by atoms with Gasteiger partial charge in [-0.2, -0.15) is 0 Å². The van der Waals surface area contributed by atoms with Crippen molar-refractivity contribution in [3.05, 3.63) is 47.4 Å². The van der Waals surface area contributed by atoms with E-state index in [0.29, 0.717) is 12.3 Å². The first-order chi connectivity index (χ1) is 12.8. The van der Waals surface area contributed by atoms with E-state index in [0.717, 1.165) is 5.76 Å². The number of aryl methyl sites for hydroxylation is 1. The number of amidine groups is 2. The third kappa shape index (κ3) is 4.17. The van der Waals surface area contributed by atoms with Crippen LogP contribution in [0.2, 0.25) is 0 Å². The number of benzene rings is 1. The number of carbonyl (C=O) groups is 1. The van der Waals surface area contributed by atoms with Crippen LogP contribution in [-0.4, -0.2) is 45.9 Å². The predicted octanol–water partition coefficient (Wildman–Crippen LogP) is 1.59. The molecular weight excluding hydrogens is 370 g/mol. The van der Waals surface area contributed by atoms with E-state index < -0.39 is 11.2 Å². The highest BCUT2D eigenvalue weighted by Crippen LogP contribution is 2.28. The molecule has 0 radical (unpaired) electrons. The van der Waals surface area contributed by atoms with Crippen LogP contribution in [0.5, 0.6) is 5.75 Å². The van der Waals surface area contributed by atoms with Crippen LogP contribution in [0.25, 0.3) is 0 Å². The van der Waals surface area contributed by atoms with Crippen molar-refractivity contribution in [2.75, 3.05) is 19.4 Å². The standard InChI is InChI=1S/C17H19N5O4S/c1-10-7-8-11(26-10)9-18-15-16(21-27(25)20-15)19-13-6-4-5-12(14(13)23)17(24)22(2)3/h4-8,23H,9H2,1-3H3,(H,18,20)(H,19,21). The molecule has 9 nitrogen and oxygen atoms in total. The Morgan fingerprint density at radius 1 is 1.22 bits per heavy atom. The van der Waals surface area contributed by atoms with E-state index in [1.807, 2.05) is 19.1 Å². The fourth-order valence-electron chi connectivity index (χ4n) is 2.40. The molecule has 0 spiro atoms. The summed E-state index contributed by atoms with van der Waals surface area (Å²) in [6.07, 6.45) is 0. The minimum absolute atomic E-state index is 0.141. The lowest BCUT2D eigenvalue weighted by atomic mass is 10.1. The molecule has 142 valence electrons. The molecule has 1 unspecified atom stereocenters. The zero-order valence-corrected chi connectivity index (χ0v) is 15.8. The van der Waals surface area contributed by atoms with E-state index in [2.05, 4.69) is 19.4 Å². The second-order valence-corrected chi connectivity index (χ2v) is 6.83. The van der Waals surface area contributed by atoms with Crippen molar-refractivity contribution in [3.8, 4) is 5.75 Å². The second-order valence-electron chi connectivity index (χ2n) is 6.00. The number of hydrogen-bond donors (Lipinski definition) is 3. The fraction of sp³-hybridized carbons (Fsp3) is 0.235. The maximum atomic E-state index is 12.1. The highest BCUT2D eigenvalue weighted by Gasteiger charge is 2.22. The lowest BCUT2D eigenvalue weighted by Gasteiger charge is -2.15. The van der Waals surface area contributed by atoms with Crippen LogP contribution in [0.3, 0.4) is 0 Å². The molecule has 1 atom stereocenters. The lowest BCUT2D eigenvalue weighted by Crippen LogP contribution is -2.33. The van der Waals surface area contributed by atoms with E-state index in [-0.39, 0.29) is 34.6 Å². The third-order valence-corrected chi connectivity index (χ3v) is 4.39. The van der Waals surface area contributed by atoms with Gasteiger partial charge in [-0.25, -0.2) is 4.21 Å². The van der Waals surface area contributed by atoms with Crippen LogP contribution in [0.1, 0.15) is 21.9 Å². The van der Waals surface area contributed by atoms with Gasteiger partial charge in [0.25, 0.3) is 17.1 Å². The number of anilines is 1. The molecule has 1 amide bonds. The first-order valence-electron chi connectivity index (χ1n) is 8.04. The van der Waals surface area contributed by atoms with Gasteiger partial charge in [-0.1, -0.05) is 6.07 Å². The average molecular weight is 389 g/mol. The quantitative estimate of drug-likeness (QED) is 0.683. The molecule has 0 aliphatic carbocycles. The number of rotatable bonds is 4. The van der Waals surface area contributed by atoms with Crippen LogP contribution >= 0.6 is 0 Å². The Morgan fingerprint density at radius 3 is 2.63 bits per heavy atom. The van der Waals surface area contributed by atoms with Gasteiger partial charge in [-0.05, 0) is 31.2 Å². The minimum Gasteiger partial charge on any atom is -0.505 e. The average Bonchev–Trinajstić information content (AvgIpc) is 3.19. The molecule has 1 aliphatic heterocycles. The van der Waals surface area contributed by atoms with Crippen LogP contribution in [0.15, 0.2) is 43.5 Å². The van der Waals surface area contributed by atoms with Crippen molar-refractivity contribution < 1.29 is 18.5 Å². The molecule has 0 saturated carbocycles. The Hall–Kier alpha value is -3.14. The van der Waals surface area contributed by atoms with Gasteiger partial charge >= 0.3 is 0 Å². The SMILES string of the molecule is Cc1ccc(CNC2=NS(=O)N=C2Nc2cccc(C(=O)N(C)C)c2O)o1. The highest BCUT2D eigenvalue weighted by molar-refractivity contribution is 7.83. The van der Waals surface area contributed by atoms with Crippen LogP contribution in [0.4, 0.5) is 5.69 Å². The molecule has 2 aromatic rings. The maximum Gasteiger partial charge on any atom is 0.269 e. The van der Waals surface area contributed by atoms with Gasteiger partial charge in [0.1, 0.15) is 11.5 Å². The molecule has 2 heterocycles. The molecule has 3 rings (SSSR count). The van der Waals surface area contributed by atoms with Crippen molar-refractivity contribution in [1.82, 2.24) is 10.2 Å². The van der Waals surface area contributed by atoms with Crippen molar-refractivity contribution in [1.29, 1.82) is 0 Å². The summed E-state index contributed by atoms with van der Waals surface area (Å²) in [4.78, 5) is 13.5. The molecule has 1 aromatic carbocycles. The number of furan rings is 1. The summed E-state index contributed by atoms with van der Waals surface area (Å²) in [5, 5.41) is 16.3. The van der Waals surface area contributed by atoms with E-state index in [1.54, 1.807) is 26.2 Å². The summed E-state index contributed by atoms with van der Waals surface area (Å²) in [5.74, 6) is 1.37. The maximum absolute atomic E-state index is 12.1. The molecule has 10 heteroatoms. The van der Waals surface area contributed by atoms with E-state index in [4.69, 9.17) is 4.42 Å². The van der Waals surface area contributed by atoms with Gasteiger partial charge in [0.2, 0.25) is 0 Å². The van der Waals surface area contributed by atoms with Crippen molar-refractivity contribution in [2.24, 2.45) is 8.80 Å². The van der Waals surface area contributed by atoms with E-state index in [1.165, 1.54) is 11.0 Å². The smallest absolute Gasteiger partial charge is 0.269 e. The number of nitrogens with zero attached hydrogens (tertiary/aromatic N) is 3. The van der Waals surface area contributed by atoms with Crippen molar-refractivity contribution in [3.63, 3.8) is 0 Å². The van der Waals surface area contributed by atoms with Gasteiger partial charge in [-0.3, -0.25) is 4.79 Å². The summed E-state index contributed by atoms with van der Waals surface area (Å²) in [6, 6.07) is 8.38. The summed E-state index contributed by atoms with van der Waals surface area (Å²) < 4.78 is 25.0. The molecule has 0 bridgehead atoms. The van der Waals surface area contributed by atoms with Gasteiger partial charge in [0.05, 0.1) is 17.8 Å². The number of amides is 1. The largest absolute Gasteiger partial charge is 0.505 e. The Labute approximate surface area is 158 Å². The molecule has 0 saturated heterocycles. The number of para-hydroxylation sites is 1. The molecule has 27 heavy (non-hydrogen) atoms. The number of aromatic hydroxyl groups is 1. The topological polar surface area (TPSA) is 120 Å². The van der Waals surface area contributed by atoms with E-state index >= 15 is 0 Å². The Kier molecular flexibility index (Phi) is 5.26. The van der Waals surface area contributed by atoms with Crippen LogP contribution < -0.4 is 10.6 Å². The van der Waals surface area contributed by atoms with Crippen LogP contribution in [-0.2, 0) is 17.7 Å². The number of carbonyl (C=O) groups excluding carboxylic acids is 1. The first kappa shape index (κ1) is 18.6. The number of nitrogens with one attached hydrogen (secondary N) is 2. The lowest BCUT2D eigenvalue weighted by molar-refractivity contribution is 0.0824. The van der Waals surface area contributed by atoms with Gasteiger partial charge in [0.15, 0.2) is 17.4 Å². The minimum atomic E-state index is -1.77. The molecule has 3 N–H and O–H groups in total. The van der Waals surface area contributed by atoms with Crippen LogP contribution in [0, 0.1) is 6.92 Å². The molecule has 1 aromatic heterocycles. The molecule has 0 fully saturated rings. The predicted molar refractivity (Wildman–Crippen MR) is 103 cm³/mol. The Morgan fingerprint density at radius 2 is 1.96 bits per heavy atom. The van der Waals surface area contributed by atoms with Gasteiger partial charge < -0.3 is 25.1 Å². The highest BCUT2D eigenvalue weighted by atomic mass is 32.2. The first-order valence-corrected chi connectivity index (χ1v) is 9.11. The second kappa shape index (κ2) is 7.62. The summed E-state index contributed by atoms with van der Waals surface area (Å²) in [6.45, 7) is 2.17. The molecule has 1 aliphatic rings. The summed E-state index contributed by atoms with van der Waals surface area (Å²) in [5.41, 5.74) is 0.394. The third-order valence-electron chi connectivity index (χ3n) is 3.71. The van der Waals surface area contributed by atoms with Gasteiger partial charge in [-0.15, -0.1) is 8.80 Å². The molecular formula is C17H19N5O4S. The van der Waals surface area contributed by atoms with E-state index in [9.17, 15) is 14.1 Å². The zero-order valence-electron chi connectivity index (χ0n) is 15.0. The summed E-state index contributed by atoms with van der Waals surface area (Å²) >= 11 is -1.77. The number of phenols is 1. The number of hydrogen-bond acceptors (Lipinski definition) is 6. The van der Waals surface area contributed by atoms with Crippen molar-refractivity contribution >= 4 is 34.4 Å². The fourth-order valence-corrected chi connectivity index (χ4v) is 3.03. The van der Waals surface area contributed by atoms with Crippen molar-refractivity contribution in [2.45, 2.75) is 13.5 Å². The van der Waals surface area contributed by atoms with Gasteiger partial charge in [0, 0.05) is 14.1 Å². The Balaban J connectivity index is 1.77.